The van der Waals surface area contributed by atoms with Crippen molar-refractivity contribution < 1.29 is 9.63 Å². The van der Waals surface area contributed by atoms with Crippen LogP contribution < -0.4 is 0 Å². The summed E-state index contributed by atoms with van der Waals surface area (Å²) in [6.07, 6.45) is 4.47. The largest absolute Gasteiger partial charge is 0.335 e. The fraction of sp³-hybridized carbons (Fsp3) is 0.188. The summed E-state index contributed by atoms with van der Waals surface area (Å²) >= 11 is 0. The molecule has 0 aliphatic carbocycles. The molecule has 4 nitrogen and oxygen atoms in total. The third-order valence-electron chi connectivity index (χ3n) is 2.69. The Morgan fingerprint density at radius 3 is 2.40 bits per heavy atom. The molecular weight excluding hydrogens is 252 g/mol. The van der Waals surface area contributed by atoms with Crippen LogP contribution in [0.25, 0.3) is 0 Å². The fourth-order valence-corrected chi connectivity index (χ4v) is 1.72. The molecule has 0 aliphatic heterocycles. The normalized spacial score (nSPS) is 11.2. The minimum absolute atomic E-state index is 0.324. The van der Waals surface area contributed by atoms with Crippen molar-refractivity contribution in [2.24, 2.45) is 5.16 Å². The second-order valence-electron chi connectivity index (χ2n) is 4.26. The van der Waals surface area contributed by atoms with Gasteiger partial charge in [-0.2, -0.15) is 0 Å². The van der Waals surface area contributed by atoms with Crippen LogP contribution in [0, 0.1) is 0 Å². The molecule has 4 heteroatoms. The molecule has 0 atom stereocenters. The lowest BCUT2D eigenvalue weighted by Gasteiger charge is -2.06. The predicted molar refractivity (Wildman–Crippen MR) is 77.3 cm³/mol. The molecule has 0 spiro atoms. The summed E-state index contributed by atoms with van der Waals surface area (Å²) in [6, 6.07) is 13.3. The highest BCUT2D eigenvalue weighted by Crippen LogP contribution is 2.10. The van der Waals surface area contributed by atoms with Gasteiger partial charge in [-0.25, -0.2) is 4.79 Å². The molecule has 0 saturated carbocycles. The number of carbonyl (C=O) groups excluding carboxylic acids is 1. The Kier molecular flexibility index (Phi) is 5.00. The fourth-order valence-electron chi connectivity index (χ4n) is 1.72. The first-order valence-electron chi connectivity index (χ1n) is 6.55. The van der Waals surface area contributed by atoms with Gasteiger partial charge in [-0.05, 0) is 18.6 Å². The molecule has 0 radical (unpaired) electrons. The Hall–Kier alpha value is -2.49. The lowest BCUT2D eigenvalue weighted by molar-refractivity contribution is -0.143. The highest BCUT2D eigenvalue weighted by Gasteiger charge is 2.09. The average Bonchev–Trinajstić information content (AvgIpc) is 2.50. The molecule has 2 rings (SSSR count). The number of rotatable bonds is 5. The van der Waals surface area contributed by atoms with Crippen LogP contribution in [0.2, 0.25) is 0 Å². The molecule has 0 fully saturated rings. The van der Waals surface area contributed by atoms with E-state index in [-0.39, 0.29) is 5.97 Å². The third kappa shape index (κ3) is 3.75. The monoisotopic (exact) mass is 268 g/mol. The van der Waals surface area contributed by atoms with Crippen LogP contribution in [-0.2, 0) is 9.63 Å². The van der Waals surface area contributed by atoms with Gasteiger partial charge >= 0.3 is 5.97 Å². The number of carbonyl (C=O) groups is 1. The van der Waals surface area contributed by atoms with Gasteiger partial charge in [0.15, 0.2) is 0 Å². The van der Waals surface area contributed by atoms with Crippen molar-refractivity contribution in [1.29, 1.82) is 0 Å². The van der Waals surface area contributed by atoms with Crippen LogP contribution in [0.4, 0.5) is 0 Å². The lowest BCUT2D eigenvalue weighted by atomic mass is 10.0. The van der Waals surface area contributed by atoms with Gasteiger partial charge in [0.2, 0.25) is 0 Å². The Morgan fingerprint density at radius 2 is 1.75 bits per heavy atom. The van der Waals surface area contributed by atoms with Crippen molar-refractivity contribution in [3.05, 3.63) is 66.0 Å². The zero-order chi connectivity index (χ0) is 14.2. The molecule has 0 unspecified atom stereocenters. The van der Waals surface area contributed by atoms with Gasteiger partial charge in [-0.3, -0.25) is 4.98 Å². The van der Waals surface area contributed by atoms with Crippen LogP contribution in [-0.4, -0.2) is 16.7 Å². The first-order valence-corrected chi connectivity index (χ1v) is 6.55. The van der Waals surface area contributed by atoms with E-state index in [0.717, 1.165) is 17.5 Å². The van der Waals surface area contributed by atoms with E-state index in [0.29, 0.717) is 12.1 Å². The van der Waals surface area contributed by atoms with Gasteiger partial charge in [0.1, 0.15) is 5.71 Å². The van der Waals surface area contributed by atoms with E-state index < -0.39 is 0 Å². The number of hydrogen-bond acceptors (Lipinski definition) is 4. The van der Waals surface area contributed by atoms with Crippen molar-refractivity contribution in [2.75, 3.05) is 0 Å². The Bertz CT molecular complexity index is 538. The molecule has 1 aromatic carbocycles. The van der Waals surface area contributed by atoms with Crippen LogP contribution in [0.15, 0.2) is 60.0 Å². The van der Waals surface area contributed by atoms with E-state index in [9.17, 15) is 4.79 Å². The molecular formula is C16H16N2O2. The molecule has 0 N–H and O–H groups in total. The standard InChI is InChI=1S/C16H16N2O2/c1-2-6-15(19)20-18-16(13-7-4-3-5-8-13)14-9-11-17-12-10-14/h3-5,7-12H,2,6H2,1H3/b18-16-. The van der Waals surface area contributed by atoms with Gasteiger partial charge in [-0.1, -0.05) is 42.4 Å². The van der Waals surface area contributed by atoms with E-state index in [1.54, 1.807) is 12.4 Å². The summed E-state index contributed by atoms with van der Waals surface area (Å²) in [7, 11) is 0. The van der Waals surface area contributed by atoms with Crippen LogP contribution in [0.1, 0.15) is 30.9 Å². The third-order valence-corrected chi connectivity index (χ3v) is 2.69. The Balaban J connectivity index is 2.30. The van der Waals surface area contributed by atoms with Crippen molar-refractivity contribution in [3.63, 3.8) is 0 Å². The molecule has 2 aromatic rings. The second-order valence-corrected chi connectivity index (χ2v) is 4.26. The lowest BCUT2D eigenvalue weighted by Crippen LogP contribution is -2.07. The number of hydrogen-bond donors (Lipinski definition) is 0. The number of aromatic nitrogens is 1. The maximum atomic E-state index is 11.5. The van der Waals surface area contributed by atoms with E-state index in [1.807, 2.05) is 49.4 Å². The van der Waals surface area contributed by atoms with Gasteiger partial charge in [0.25, 0.3) is 0 Å². The van der Waals surface area contributed by atoms with Gasteiger partial charge < -0.3 is 4.84 Å². The van der Waals surface area contributed by atoms with Crippen LogP contribution >= 0.6 is 0 Å². The van der Waals surface area contributed by atoms with Gasteiger partial charge in [-0.15, -0.1) is 0 Å². The summed E-state index contributed by atoms with van der Waals surface area (Å²) in [5, 5.41) is 4.02. The van der Waals surface area contributed by atoms with E-state index in [2.05, 4.69) is 10.1 Å². The van der Waals surface area contributed by atoms with Crippen molar-refractivity contribution in [2.45, 2.75) is 19.8 Å². The Morgan fingerprint density at radius 1 is 1.10 bits per heavy atom. The SMILES string of the molecule is CCCC(=O)O/N=C(/c1ccccc1)c1ccncc1. The van der Waals surface area contributed by atoms with E-state index in [4.69, 9.17) is 4.84 Å². The summed E-state index contributed by atoms with van der Waals surface area (Å²) in [4.78, 5) is 20.4. The first-order chi connectivity index (χ1) is 9.81. The zero-order valence-electron chi connectivity index (χ0n) is 11.3. The van der Waals surface area contributed by atoms with Crippen LogP contribution in [0.5, 0.6) is 0 Å². The van der Waals surface area contributed by atoms with E-state index >= 15 is 0 Å². The van der Waals surface area contributed by atoms with E-state index in [1.165, 1.54) is 0 Å². The molecule has 0 bridgehead atoms. The highest BCUT2D eigenvalue weighted by atomic mass is 16.7. The molecule has 0 saturated heterocycles. The first kappa shape index (κ1) is 13.9. The minimum Gasteiger partial charge on any atom is -0.318 e. The number of nitrogens with zero attached hydrogens (tertiary/aromatic N) is 2. The highest BCUT2D eigenvalue weighted by molar-refractivity contribution is 6.12. The van der Waals surface area contributed by atoms with Crippen LogP contribution in [0.3, 0.4) is 0 Å². The molecule has 0 aliphatic rings. The van der Waals surface area contributed by atoms with Gasteiger partial charge in [0.05, 0.1) is 0 Å². The maximum absolute atomic E-state index is 11.5. The molecule has 1 aromatic heterocycles. The number of benzene rings is 1. The topological polar surface area (TPSA) is 51.5 Å². The van der Waals surface area contributed by atoms with Gasteiger partial charge in [0, 0.05) is 29.9 Å². The number of oxime groups is 1. The zero-order valence-corrected chi connectivity index (χ0v) is 11.3. The molecule has 20 heavy (non-hydrogen) atoms. The molecule has 0 amide bonds. The Labute approximate surface area is 118 Å². The smallest absolute Gasteiger partial charge is 0.318 e. The summed E-state index contributed by atoms with van der Waals surface area (Å²) < 4.78 is 0. The van der Waals surface area contributed by atoms with Crippen molar-refractivity contribution >= 4 is 11.7 Å². The second kappa shape index (κ2) is 7.19. The molecule has 102 valence electrons. The molecule has 1 heterocycles. The maximum Gasteiger partial charge on any atom is 0.335 e. The van der Waals surface area contributed by atoms with Crippen molar-refractivity contribution in [1.82, 2.24) is 4.98 Å². The minimum atomic E-state index is -0.324. The number of pyridine rings is 1. The summed E-state index contributed by atoms with van der Waals surface area (Å²) in [5.41, 5.74) is 2.37. The average molecular weight is 268 g/mol. The summed E-state index contributed by atoms with van der Waals surface area (Å²) in [5.74, 6) is -0.324. The quantitative estimate of drug-likeness (QED) is 0.475. The summed E-state index contributed by atoms with van der Waals surface area (Å²) in [6.45, 7) is 1.92. The van der Waals surface area contributed by atoms with Crippen molar-refractivity contribution in [3.8, 4) is 0 Å². The predicted octanol–water partition coefficient (Wildman–Crippen LogP) is 3.18.